The zero-order valence-electron chi connectivity index (χ0n) is 13.3. The Morgan fingerprint density at radius 3 is 2.77 bits per heavy atom. The molecule has 1 aliphatic carbocycles. The molecule has 0 saturated carbocycles. The van der Waals surface area contributed by atoms with E-state index in [2.05, 4.69) is 26.8 Å². The predicted octanol–water partition coefficient (Wildman–Crippen LogP) is 0.849. The fraction of sp³-hybridized carbons (Fsp3) is 0.750. The fourth-order valence-corrected chi connectivity index (χ4v) is 4.05. The van der Waals surface area contributed by atoms with Gasteiger partial charge in [0.1, 0.15) is 5.82 Å². The largest absolute Gasteiger partial charge is 0.371 e. The second kappa shape index (κ2) is 5.35. The van der Waals surface area contributed by atoms with Crippen molar-refractivity contribution in [3.05, 3.63) is 11.3 Å². The van der Waals surface area contributed by atoms with Gasteiger partial charge in [-0.25, -0.2) is 4.98 Å². The van der Waals surface area contributed by atoms with Gasteiger partial charge in [-0.1, -0.05) is 0 Å². The summed E-state index contributed by atoms with van der Waals surface area (Å²) >= 11 is 0. The lowest BCUT2D eigenvalue weighted by atomic mass is 9.89. The number of piperidine rings is 1. The molecule has 2 aliphatic heterocycles. The van der Waals surface area contributed by atoms with E-state index in [9.17, 15) is 0 Å². The molecule has 4 rings (SSSR count). The highest BCUT2D eigenvalue weighted by atomic mass is 16.5. The van der Waals surface area contributed by atoms with Gasteiger partial charge in [0.25, 0.3) is 0 Å². The fourth-order valence-electron chi connectivity index (χ4n) is 4.05. The van der Waals surface area contributed by atoms with Gasteiger partial charge in [0.15, 0.2) is 0 Å². The van der Waals surface area contributed by atoms with Gasteiger partial charge >= 0.3 is 0 Å². The van der Waals surface area contributed by atoms with Crippen molar-refractivity contribution < 1.29 is 4.74 Å². The van der Waals surface area contributed by atoms with Gasteiger partial charge in [-0.15, -0.1) is 0 Å². The maximum atomic E-state index is 6.21. The van der Waals surface area contributed by atoms with E-state index in [0.29, 0.717) is 5.95 Å². The summed E-state index contributed by atoms with van der Waals surface area (Å²) in [6.07, 6.45) is 5.49. The molecule has 2 N–H and O–H groups in total. The molecule has 2 fully saturated rings. The summed E-state index contributed by atoms with van der Waals surface area (Å²) in [5.74, 6) is 1.49. The molecule has 0 bridgehead atoms. The minimum absolute atomic E-state index is 0.00401. The van der Waals surface area contributed by atoms with Crippen molar-refractivity contribution in [3.8, 4) is 0 Å². The Labute approximate surface area is 131 Å². The van der Waals surface area contributed by atoms with Crippen LogP contribution in [0.15, 0.2) is 0 Å². The number of aryl methyl sites for hydroxylation is 1. The third-order valence-corrected chi connectivity index (χ3v) is 5.37. The summed E-state index contributed by atoms with van der Waals surface area (Å²) < 4.78 is 6.21. The van der Waals surface area contributed by atoms with Gasteiger partial charge in [-0.3, -0.25) is 0 Å². The highest BCUT2D eigenvalue weighted by molar-refractivity contribution is 5.54. The summed E-state index contributed by atoms with van der Waals surface area (Å²) in [4.78, 5) is 13.8. The number of nitrogen functional groups attached to an aromatic ring is 1. The molecule has 0 radical (unpaired) electrons. The van der Waals surface area contributed by atoms with Crippen LogP contribution >= 0.6 is 0 Å². The van der Waals surface area contributed by atoms with Crippen LogP contribution in [0.5, 0.6) is 0 Å². The maximum absolute atomic E-state index is 6.21. The van der Waals surface area contributed by atoms with Crippen LogP contribution in [0.3, 0.4) is 0 Å². The summed E-state index contributed by atoms with van der Waals surface area (Å²) in [6, 6.07) is 0. The second-order valence-electron chi connectivity index (χ2n) is 6.94. The van der Waals surface area contributed by atoms with Crippen LogP contribution in [-0.4, -0.2) is 60.3 Å². The lowest BCUT2D eigenvalue weighted by Gasteiger charge is -2.47. The molecule has 3 heterocycles. The summed E-state index contributed by atoms with van der Waals surface area (Å²) in [5, 5.41) is 0. The molecule has 120 valence electrons. The van der Waals surface area contributed by atoms with Gasteiger partial charge in [0, 0.05) is 31.7 Å². The highest BCUT2D eigenvalue weighted by Crippen LogP contribution is 2.35. The van der Waals surface area contributed by atoms with E-state index >= 15 is 0 Å². The molecular formula is C16H25N5O. The molecule has 0 aromatic carbocycles. The smallest absolute Gasteiger partial charge is 0.222 e. The second-order valence-corrected chi connectivity index (χ2v) is 6.94. The zero-order chi connectivity index (χ0) is 15.2. The average Bonchev–Trinajstić information content (AvgIpc) is 2.98. The minimum Gasteiger partial charge on any atom is -0.371 e. The molecule has 22 heavy (non-hydrogen) atoms. The molecule has 2 saturated heterocycles. The molecule has 6 nitrogen and oxygen atoms in total. The Morgan fingerprint density at radius 1 is 1.14 bits per heavy atom. The first kappa shape index (κ1) is 14.2. The molecule has 3 aliphatic rings. The number of aromatic nitrogens is 2. The average molecular weight is 303 g/mol. The Bertz CT molecular complexity index is 568. The van der Waals surface area contributed by atoms with Crippen LogP contribution in [-0.2, 0) is 17.6 Å². The van der Waals surface area contributed by atoms with E-state index in [-0.39, 0.29) is 5.60 Å². The van der Waals surface area contributed by atoms with Crippen LogP contribution in [0.4, 0.5) is 11.8 Å². The third kappa shape index (κ3) is 2.44. The summed E-state index contributed by atoms with van der Waals surface area (Å²) in [6.45, 7) is 4.84. The molecule has 6 heteroatoms. The zero-order valence-corrected chi connectivity index (χ0v) is 13.3. The van der Waals surface area contributed by atoms with E-state index in [1.807, 2.05) is 0 Å². The molecule has 1 aromatic heterocycles. The van der Waals surface area contributed by atoms with Crippen LogP contribution in [0.1, 0.15) is 30.5 Å². The van der Waals surface area contributed by atoms with Crippen molar-refractivity contribution in [2.45, 2.75) is 37.7 Å². The van der Waals surface area contributed by atoms with E-state index in [1.54, 1.807) is 0 Å². The predicted molar refractivity (Wildman–Crippen MR) is 86.1 cm³/mol. The summed E-state index contributed by atoms with van der Waals surface area (Å²) in [5.41, 5.74) is 8.41. The van der Waals surface area contributed by atoms with Gasteiger partial charge in [0.05, 0.1) is 17.9 Å². The molecule has 1 aromatic rings. The number of ether oxygens (including phenoxy) is 1. The SMILES string of the molecule is CN1CCC2(CC1)CN(c1nc(N)nc3c1CCC3)CCO2. The van der Waals surface area contributed by atoms with E-state index in [0.717, 1.165) is 70.0 Å². The van der Waals surface area contributed by atoms with Crippen molar-refractivity contribution in [1.29, 1.82) is 0 Å². The topological polar surface area (TPSA) is 67.5 Å². The molecular weight excluding hydrogens is 278 g/mol. The first-order valence-corrected chi connectivity index (χ1v) is 8.38. The molecule has 1 spiro atoms. The number of hydrogen-bond donors (Lipinski definition) is 1. The van der Waals surface area contributed by atoms with Crippen LogP contribution in [0, 0.1) is 0 Å². The van der Waals surface area contributed by atoms with Gasteiger partial charge in [-0.2, -0.15) is 4.98 Å². The van der Waals surface area contributed by atoms with Crippen molar-refractivity contribution in [3.63, 3.8) is 0 Å². The van der Waals surface area contributed by atoms with Crippen molar-refractivity contribution in [2.75, 3.05) is 50.5 Å². The standard InChI is InChI=1S/C16H25N5O/c1-20-7-5-16(6-8-20)11-21(9-10-22-16)14-12-3-2-4-13(12)18-15(17)19-14/h2-11H2,1H3,(H2,17,18,19). The first-order valence-electron chi connectivity index (χ1n) is 8.38. The lowest BCUT2D eigenvalue weighted by Crippen LogP contribution is -2.56. The number of morpholine rings is 1. The van der Waals surface area contributed by atoms with Crippen molar-refractivity contribution >= 4 is 11.8 Å². The minimum atomic E-state index is -0.00401. The Hall–Kier alpha value is -1.40. The molecule has 0 amide bonds. The van der Waals surface area contributed by atoms with Gasteiger partial charge in [0.2, 0.25) is 5.95 Å². The number of nitrogens with two attached hydrogens (primary N) is 1. The Morgan fingerprint density at radius 2 is 1.95 bits per heavy atom. The molecule has 0 unspecified atom stereocenters. The normalized spacial score (nSPS) is 24.7. The van der Waals surface area contributed by atoms with E-state index in [1.165, 1.54) is 12.0 Å². The monoisotopic (exact) mass is 303 g/mol. The number of hydrogen-bond acceptors (Lipinski definition) is 6. The van der Waals surface area contributed by atoms with Gasteiger partial charge in [-0.05, 0) is 39.2 Å². The van der Waals surface area contributed by atoms with E-state index in [4.69, 9.17) is 10.5 Å². The number of anilines is 2. The Kier molecular flexibility index (Phi) is 3.46. The van der Waals surface area contributed by atoms with Crippen LogP contribution in [0.2, 0.25) is 0 Å². The number of nitrogens with zero attached hydrogens (tertiary/aromatic N) is 4. The van der Waals surface area contributed by atoms with Gasteiger partial charge < -0.3 is 20.3 Å². The number of fused-ring (bicyclic) bond motifs is 1. The third-order valence-electron chi connectivity index (χ3n) is 5.37. The first-order chi connectivity index (χ1) is 10.7. The Balaban J connectivity index is 1.61. The molecule has 0 atom stereocenters. The lowest BCUT2D eigenvalue weighted by molar-refractivity contribution is -0.0885. The van der Waals surface area contributed by atoms with E-state index < -0.39 is 0 Å². The van der Waals surface area contributed by atoms with Crippen molar-refractivity contribution in [2.24, 2.45) is 0 Å². The quantitative estimate of drug-likeness (QED) is 0.829. The van der Waals surface area contributed by atoms with Crippen molar-refractivity contribution in [1.82, 2.24) is 14.9 Å². The highest BCUT2D eigenvalue weighted by Gasteiger charge is 2.40. The van der Waals surface area contributed by atoms with Crippen LogP contribution < -0.4 is 10.6 Å². The van der Waals surface area contributed by atoms with Crippen LogP contribution in [0.25, 0.3) is 0 Å². The maximum Gasteiger partial charge on any atom is 0.222 e. The number of rotatable bonds is 1. The summed E-state index contributed by atoms with van der Waals surface area (Å²) in [7, 11) is 2.19. The number of likely N-dealkylation sites (tertiary alicyclic amines) is 1.